The fourth-order valence-electron chi connectivity index (χ4n) is 3.28. The monoisotopic (exact) mass is 272 g/mol. The highest BCUT2D eigenvalue weighted by Gasteiger charge is 2.37. The van der Waals surface area contributed by atoms with E-state index in [-0.39, 0.29) is 0 Å². The minimum absolute atomic E-state index is 0.307. The molecular weight excluding hydrogens is 246 g/mol. The number of hydrogen-bond donors (Lipinski definition) is 1. The van der Waals surface area contributed by atoms with E-state index in [0.717, 1.165) is 17.6 Å². The third-order valence-electron chi connectivity index (χ3n) is 4.09. The molecule has 0 amide bonds. The molecule has 0 bridgehead atoms. The number of aliphatic hydroxyl groups is 1. The van der Waals surface area contributed by atoms with Crippen LogP contribution in [0.4, 0.5) is 0 Å². The summed E-state index contributed by atoms with van der Waals surface area (Å²) in [6.45, 7) is 10.3. The Bertz CT molecular complexity index is 251. The van der Waals surface area contributed by atoms with Crippen LogP contribution in [0.1, 0.15) is 32.1 Å². The number of quaternary nitrogens is 1. The highest BCUT2D eigenvalue weighted by Crippen LogP contribution is 2.29. The fraction of sp³-hybridized carbons (Fsp3) is 0.733. The zero-order chi connectivity index (χ0) is 13.4. The molecule has 1 unspecified atom stereocenters. The summed E-state index contributed by atoms with van der Waals surface area (Å²) in [6, 6.07) is 0.618. The lowest BCUT2D eigenvalue weighted by Crippen LogP contribution is -2.59. The van der Waals surface area contributed by atoms with Crippen LogP contribution < -0.4 is 0 Å². The van der Waals surface area contributed by atoms with Gasteiger partial charge in [-0.05, 0) is 37.8 Å². The predicted octanol–water partition coefficient (Wildman–Crippen LogP) is 3.11. The highest BCUT2D eigenvalue weighted by atomic mass is 35.5. The van der Waals surface area contributed by atoms with Crippen molar-refractivity contribution in [2.75, 3.05) is 25.5 Å². The van der Waals surface area contributed by atoms with Gasteiger partial charge in [-0.2, -0.15) is 0 Å². The molecule has 2 nitrogen and oxygen atoms in total. The zero-order valence-corrected chi connectivity index (χ0v) is 12.1. The normalized spacial score (nSPS) is 19.4. The van der Waals surface area contributed by atoms with Crippen molar-refractivity contribution in [3.8, 4) is 0 Å². The standard InChI is InChI=1S/C15H27ClNO/c1-3-10-17(11-4-2,13-15(18)12-16)14-8-6-5-7-9-14/h3-4,14-15,18H,1-2,5-13H2/q+1. The molecule has 18 heavy (non-hydrogen) atoms. The Morgan fingerprint density at radius 3 is 2.17 bits per heavy atom. The quantitative estimate of drug-likeness (QED) is 0.409. The molecule has 0 aliphatic heterocycles. The summed E-state index contributed by atoms with van der Waals surface area (Å²) in [4.78, 5) is 0. The lowest BCUT2D eigenvalue weighted by molar-refractivity contribution is -0.944. The molecule has 3 heteroatoms. The Morgan fingerprint density at radius 1 is 1.17 bits per heavy atom. The third-order valence-corrected chi connectivity index (χ3v) is 4.44. The second-order valence-corrected chi connectivity index (χ2v) is 5.75. The van der Waals surface area contributed by atoms with E-state index in [1.54, 1.807) is 0 Å². The van der Waals surface area contributed by atoms with E-state index in [1.807, 2.05) is 12.2 Å². The van der Waals surface area contributed by atoms with E-state index >= 15 is 0 Å². The van der Waals surface area contributed by atoms with Gasteiger partial charge in [-0.3, -0.25) is 0 Å². The summed E-state index contributed by atoms with van der Waals surface area (Å²) in [6.07, 6.45) is 9.95. The molecule has 1 aliphatic carbocycles. The van der Waals surface area contributed by atoms with Crippen LogP contribution in [0, 0.1) is 0 Å². The van der Waals surface area contributed by atoms with Crippen molar-refractivity contribution in [3.63, 3.8) is 0 Å². The summed E-state index contributed by atoms with van der Waals surface area (Å²) in [5, 5.41) is 9.96. The lowest BCUT2D eigenvalue weighted by atomic mass is 9.91. The maximum absolute atomic E-state index is 9.96. The minimum atomic E-state index is -0.437. The van der Waals surface area contributed by atoms with Gasteiger partial charge >= 0.3 is 0 Å². The average Bonchev–Trinajstić information content (AvgIpc) is 2.40. The van der Waals surface area contributed by atoms with Gasteiger partial charge in [-0.15, -0.1) is 11.6 Å². The van der Waals surface area contributed by atoms with Crippen molar-refractivity contribution < 1.29 is 9.59 Å². The first-order valence-corrected chi connectivity index (χ1v) is 7.53. The summed E-state index contributed by atoms with van der Waals surface area (Å²) in [5.74, 6) is 0.307. The highest BCUT2D eigenvalue weighted by molar-refractivity contribution is 6.18. The molecule has 0 aromatic rings. The Labute approximate surface area is 117 Å². The largest absolute Gasteiger partial charge is 0.386 e. The molecule has 1 atom stereocenters. The lowest BCUT2D eigenvalue weighted by Gasteiger charge is -2.46. The first-order valence-electron chi connectivity index (χ1n) is 7.00. The van der Waals surface area contributed by atoms with E-state index in [0.29, 0.717) is 18.5 Å². The Kier molecular flexibility index (Phi) is 6.98. The molecule has 1 fully saturated rings. The smallest absolute Gasteiger partial charge is 0.116 e. The number of halogens is 1. The van der Waals surface area contributed by atoms with Gasteiger partial charge in [-0.25, -0.2) is 0 Å². The van der Waals surface area contributed by atoms with Gasteiger partial charge in [0.05, 0.1) is 25.0 Å². The predicted molar refractivity (Wildman–Crippen MR) is 78.9 cm³/mol. The molecular formula is C15H27ClNO+. The Balaban J connectivity index is 2.86. The van der Waals surface area contributed by atoms with E-state index in [2.05, 4.69) is 13.2 Å². The average molecular weight is 273 g/mol. The van der Waals surface area contributed by atoms with Crippen LogP contribution in [0.5, 0.6) is 0 Å². The molecule has 1 N–H and O–H groups in total. The van der Waals surface area contributed by atoms with Gasteiger partial charge < -0.3 is 9.59 Å². The van der Waals surface area contributed by atoms with Gasteiger partial charge in [0.2, 0.25) is 0 Å². The first-order chi connectivity index (χ1) is 8.68. The zero-order valence-electron chi connectivity index (χ0n) is 11.4. The number of rotatable bonds is 8. The number of alkyl halides is 1. The summed E-state index contributed by atoms with van der Waals surface area (Å²) >= 11 is 5.79. The maximum Gasteiger partial charge on any atom is 0.116 e. The van der Waals surface area contributed by atoms with Gasteiger partial charge in [-0.1, -0.05) is 19.6 Å². The van der Waals surface area contributed by atoms with Crippen molar-refractivity contribution >= 4 is 11.6 Å². The molecule has 0 saturated heterocycles. The van der Waals surface area contributed by atoms with Crippen LogP contribution in [0.2, 0.25) is 0 Å². The molecule has 0 aromatic carbocycles. The number of hydrogen-bond acceptors (Lipinski definition) is 1. The third kappa shape index (κ3) is 4.11. The van der Waals surface area contributed by atoms with Crippen molar-refractivity contribution in [3.05, 3.63) is 25.3 Å². The van der Waals surface area contributed by atoms with Gasteiger partial charge in [0.15, 0.2) is 0 Å². The topological polar surface area (TPSA) is 20.2 Å². The van der Waals surface area contributed by atoms with E-state index in [9.17, 15) is 5.11 Å². The Hall–Kier alpha value is -0.310. The minimum Gasteiger partial charge on any atom is -0.386 e. The fourth-order valence-corrected chi connectivity index (χ4v) is 3.38. The van der Waals surface area contributed by atoms with Crippen molar-refractivity contribution in [1.82, 2.24) is 0 Å². The second-order valence-electron chi connectivity index (χ2n) is 5.44. The summed E-state index contributed by atoms with van der Waals surface area (Å²) in [7, 11) is 0. The molecule has 1 rings (SSSR count). The summed E-state index contributed by atoms with van der Waals surface area (Å²) < 4.78 is 0.876. The molecule has 1 aliphatic rings. The van der Waals surface area contributed by atoms with Crippen molar-refractivity contribution in [2.45, 2.75) is 44.2 Å². The van der Waals surface area contributed by atoms with Crippen molar-refractivity contribution in [2.24, 2.45) is 0 Å². The molecule has 0 heterocycles. The summed E-state index contributed by atoms with van der Waals surface area (Å²) in [5.41, 5.74) is 0. The van der Waals surface area contributed by atoms with Gasteiger partial charge in [0, 0.05) is 0 Å². The van der Waals surface area contributed by atoms with Crippen LogP contribution in [-0.2, 0) is 0 Å². The Morgan fingerprint density at radius 2 is 1.72 bits per heavy atom. The molecule has 0 spiro atoms. The number of aliphatic hydroxyl groups excluding tert-OH is 1. The maximum atomic E-state index is 9.96. The van der Waals surface area contributed by atoms with E-state index < -0.39 is 6.10 Å². The van der Waals surface area contributed by atoms with E-state index in [1.165, 1.54) is 32.1 Å². The van der Waals surface area contributed by atoms with Crippen LogP contribution in [0.25, 0.3) is 0 Å². The molecule has 104 valence electrons. The first kappa shape index (κ1) is 15.7. The van der Waals surface area contributed by atoms with Crippen LogP contribution in [0.3, 0.4) is 0 Å². The van der Waals surface area contributed by atoms with Crippen LogP contribution >= 0.6 is 11.6 Å². The van der Waals surface area contributed by atoms with Gasteiger partial charge in [0.25, 0.3) is 0 Å². The number of nitrogens with zero attached hydrogens (tertiary/aromatic N) is 1. The second kappa shape index (κ2) is 7.98. The molecule has 0 radical (unpaired) electrons. The van der Waals surface area contributed by atoms with Crippen molar-refractivity contribution in [1.29, 1.82) is 0 Å². The SMILES string of the molecule is C=CC[N+](CC=C)(CC(O)CCl)C1CCCCC1. The van der Waals surface area contributed by atoms with Gasteiger partial charge in [0.1, 0.15) is 12.6 Å². The van der Waals surface area contributed by atoms with Crippen LogP contribution in [-0.4, -0.2) is 47.2 Å². The van der Waals surface area contributed by atoms with E-state index in [4.69, 9.17) is 11.6 Å². The molecule has 1 saturated carbocycles. The van der Waals surface area contributed by atoms with Crippen LogP contribution in [0.15, 0.2) is 25.3 Å². The molecule has 0 aromatic heterocycles.